The summed E-state index contributed by atoms with van der Waals surface area (Å²) in [6, 6.07) is 3.87. The van der Waals surface area contributed by atoms with Crippen molar-refractivity contribution in [2.45, 2.75) is 26.2 Å². The van der Waals surface area contributed by atoms with Crippen molar-refractivity contribution in [3.63, 3.8) is 0 Å². The van der Waals surface area contributed by atoms with Crippen LogP contribution in [0.4, 0.5) is 0 Å². The van der Waals surface area contributed by atoms with Gasteiger partial charge in [-0.05, 0) is 11.6 Å². The molecule has 1 aromatic carbocycles. The standard InChI is InChI=1S/C20H21NO5/c1-11-25-17-6-5-12-3-4-13-7-14(22)8-18(24-2)19(13)16(23)10-21-9-15(12)20(17)26-11/h3-6,8,10-11,13,19,21,23H,7,9H2,1-2H3. The third-order valence-electron chi connectivity index (χ3n) is 4.92. The predicted octanol–water partition coefficient (Wildman–Crippen LogP) is 3.06. The molecule has 0 spiro atoms. The maximum Gasteiger partial charge on any atom is 0.238 e. The summed E-state index contributed by atoms with van der Waals surface area (Å²) in [5, 5.41) is 13.7. The van der Waals surface area contributed by atoms with Crippen LogP contribution < -0.4 is 14.8 Å². The molecule has 0 aromatic heterocycles. The number of fused-ring (bicyclic) bond motifs is 4. The number of ketones is 1. The number of benzene rings is 1. The molecule has 0 saturated carbocycles. The maximum absolute atomic E-state index is 12.0. The van der Waals surface area contributed by atoms with Gasteiger partial charge in [0.2, 0.25) is 6.29 Å². The minimum atomic E-state index is -0.378. The second kappa shape index (κ2) is 6.44. The van der Waals surface area contributed by atoms with Crippen molar-refractivity contribution in [2.24, 2.45) is 11.8 Å². The van der Waals surface area contributed by atoms with Gasteiger partial charge in [0.25, 0.3) is 0 Å². The number of carbonyl (C=O) groups excluding carboxylic acids is 1. The highest BCUT2D eigenvalue weighted by Gasteiger charge is 2.34. The van der Waals surface area contributed by atoms with Crippen molar-refractivity contribution in [1.29, 1.82) is 0 Å². The zero-order valence-corrected chi connectivity index (χ0v) is 14.7. The SMILES string of the molecule is COC1=CC(=O)CC2C=Cc3ccc4c(c3CNC=C(O)C12)OC(C)O4. The molecule has 0 fully saturated rings. The van der Waals surface area contributed by atoms with Gasteiger partial charge in [-0.25, -0.2) is 0 Å². The number of hydrogen-bond donors (Lipinski definition) is 2. The first-order chi connectivity index (χ1) is 12.6. The van der Waals surface area contributed by atoms with Gasteiger partial charge in [0.1, 0.15) is 11.5 Å². The number of ether oxygens (including phenoxy) is 3. The highest BCUT2D eigenvalue weighted by Crippen LogP contribution is 2.41. The average molecular weight is 355 g/mol. The zero-order chi connectivity index (χ0) is 18.3. The van der Waals surface area contributed by atoms with Crippen molar-refractivity contribution in [1.82, 2.24) is 5.32 Å². The van der Waals surface area contributed by atoms with Crippen LogP contribution in [-0.4, -0.2) is 24.3 Å². The van der Waals surface area contributed by atoms with E-state index >= 15 is 0 Å². The third kappa shape index (κ3) is 2.81. The van der Waals surface area contributed by atoms with Crippen molar-refractivity contribution in [2.75, 3.05) is 7.11 Å². The van der Waals surface area contributed by atoms with Gasteiger partial charge < -0.3 is 24.6 Å². The third-order valence-corrected chi connectivity index (χ3v) is 4.92. The minimum Gasteiger partial charge on any atom is -0.510 e. The lowest BCUT2D eigenvalue weighted by atomic mass is 9.80. The lowest BCUT2D eigenvalue weighted by molar-refractivity contribution is -0.116. The highest BCUT2D eigenvalue weighted by atomic mass is 16.7. The molecule has 0 radical (unpaired) electrons. The molecule has 3 aliphatic rings. The van der Waals surface area contributed by atoms with Crippen molar-refractivity contribution >= 4 is 11.9 Å². The lowest BCUT2D eigenvalue weighted by Crippen LogP contribution is -2.27. The molecule has 136 valence electrons. The number of carbonyl (C=O) groups is 1. The summed E-state index contributed by atoms with van der Waals surface area (Å²) in [7, 11) is 1.52. The molecule has 1 aromatic rings. The second-order valence-corrected chi connectivity index (χ2v) is 6.64. The number of nitrogens with one attached hydrogen (secondary N) is 1. The van der Waals surface area contributed by atoms with Crippen LogP contribution in [-0.2, 0) is 16.1 Å². The fourth-order valence-corrected chi connectivity index (χ4v) is 3.72. The summed E-state index contributed by atoms with van der Waals surface area (Å²) in [5.41, 5.74) is 1.94. The lowest BCUT2D eigenvalue weighted by Gasteiger charge is -2.29. The van der Waals surface area contributed by atoms with Crippen LogP contribution >= 0.6 is 0 Å². The first-order valence-electron chi connectivity index (χ1n) is 8.65. The van der Waals surface area contributed by atoms with E-state index in [1.165, 1.54) is 13.2 Å². The number of aliphatic hydroxyl groups excluding tert-OH is 1. The Hall–Kier alpha value is -2.89. The Kier molecular flexibility index (Phi) is 4.11. The van der Waals surface area contributed by atoms with E-state index in [9.17, 15) is 9.90 Å². The average Bonchev–Trinajstić information content (AvgIpc) is 3.00. The van der Waals surface area contributed by atoms with Crippen LogP contribution in [0.2, 0.25) is 0 Å². The Morgan fingerprint density at radius 3 is 2.96 bits per heavy atom. The van der Waals surface area contributed by atoms with Gasteiger partial charge in [-0.1, -0.05) is 18.2 Å². The van der Waals surface area contributed by atoms with Gasteiger partial charge in [0.05, 0.1) is 13.0 Å². The number of hydrogen-bond acceptors (Lipinski definition) is 6. The Bertz CT molecular complexity index is 839. The predicted molar refractivity (Wildman–Crippen MR) is 95.4 cm³/mol. The molecule has 2 N–H and O–H groups in total. The minimum absolute atomic E-state index is 0.00898. The van der Waals surface area contributed by atoms with Crippen LogP contribution in [0, 0.1) is 11.8 Å². The fraction of sp³-hybridized carbons (Fsp3) is 0.350. The van der Waals surface area contributed by atoms with Gasteiger partial charge in [-0.2, -0.15) is 0 Å². The van der Waals surface area contributed by atoms with E-state index in [2.05, 4.69) is 5.32 Å². The van der Waals surface area contributed by atoms with Crippen LogP contribution in [0.15, 0.2) is 42.0 Å². The summed E-state index contributed by atoms with van der Waals surface area (Å²) in [4.78, 5) is 12.0. The van der Waals surface area contributed by atoms with E-state index in [1.807, 2.05) is 31.2 Å². The zero-order valence-electron chi connectivity index (χ0n) is 14.7. The summed E-state index contributed by atoms with van der Waals surface area (Å²) in [6.45, 7) is 2.32. The van der Waals surface area contributed by atoms with Gasteiger partial charge in [0.15, 0.2) is 17.3 Å². The quantitative estimate of drug-likeness (QED) is 0.806. The van der Waals surface area contributed by atoms with E-state index < -0.39 is 0 Å². The first-order valence-corrected chi connectivity index (χ1v) is 8.65. The Morgan fingerprint density at radius 2 is 2.15 bits per heavy atom. The van der Waals surface area contributed by atoms with Gasteiger partial charge in [0, 0.05) is 43.6 Å². The highest BCUT2D eigenvalue weighted by molar-refractivity contribution is 5.91. The molecule has 2 heterocycles. The molecule has 2 aliphatic heterocycles. The molecule has 0 amide bonds. The van der Waals surface area contributed by atoms with Gasteiger partial charge in [-0.15, -0.1) is 0 Å². The molecular formula is C20H21NO5. The maximum atomic E-state index is 12.0. The van der Waals surface area contributed by atoms with E-state index in [-0.39, 0.29) is 29.7 Å². The molecule has 3 atom stereocenters. The molecule has 26 heavy (non-hydrogen) atoms. The van der Waals surface area contributed by atoms with Crippen LogP contribution in [0.25, 0.3) is 6.08 Å². The van der Waals surface area contributed by atoms with Crippen molar-refractivity contribution in [3.05, 3.63) is 53.1 Å². The number of allylic oxidation sites excluding steroid dienone is 2. The molecule has 0 saturated heterocycles. The number of methoxy groups -OCH3 is 1. The molecule has 0 bridgehead atoms. The number of rotatable bonds is 1. The Labute approximate surface area is 151 Å². The van der Waals surface area contributed by atoms with Gasteiger partial charge >= 0.3 is 0 Å². The second-order valence-electron chi connectivity index (χ2n) is 6.64. The van der Waals surface area contributed by atoms with Crippen LogP contribution in [0.5, 0.6) is 11.5 Å². The monoisotopic (exact) mass is 355 g/mol. The molecule has 4 rings (SSSR count). The van der Waals surface area contributed by atoms with Crippen molar-refractivity contribution in [3.8, 4) is 11.5 Å². The molecule has 3 unspecified atom stereocenters. The summed E-state index contributed by atoms with van der Waals surface area (Å²) < 4.78 is 16.8. The first kappa shape index (κ1) is 16.6. The topological polar surface area (TPSA) is 77.0 Å². The summed E-state index contributed by atoms with van der Waals surface area (Å²) in [6.07, 6.45) is 6.98. The van der Waals surface area contributed by atoms with Crippen LogP contribution in [0.1, 0.15) is 24.5 Å². The molecular weight excluding hydrogens is 334 g/mol. The number of aliphatic hydroxyl groups is 1. The van der Waals surface area contributed by atoms with E-state index in [4.69, 9.17) is 14.2 Å². The Balaban J connectivity index is 1.77. The molecule has 1 aliphatic carbocycles. The normalized spacial score (nSPS) is 26.8. The smallest absolute Gasteiger partial charge is 0.238 e. The Morgan fingerprint density at radius 1 is 1.31 bits per heavy atom. The fourth-order valence-electron chi connectivity index (χ4n) is 3.72. The van der Waals surface area contributed by atoms with E-state index in [0.717, 1.165) is 16.9 Å². The summed E-state index contributed by atoms with van der Waals surface area (Å²) >= 11 is 0. The molecule has 6 heteroatoms. The summed E-state index contributed by atoms with van der Waals surface area (Å²) in [5.74, 6) is 1.48. The van der Waals surface area contributed by atoms with E-state index in [0.29, 0.717) is 24.5 Å². The van der Waals surface area contributed by atoms with Gasteiger partial charge in [-0.3, -0.25) is 4.79 Å². The molecule has 6 nitrogen and oxygen atoms in total. The van der Waals surface area contributed by atoms with Crippen LogP contribution in [0.3, 0.4) is 0 Å². The van der Waals surface area contributed by atoms with Crippen molar-refractivity contribution < 1.29 is 24.1 Å². The largest absolute Gasteiger partial charge is 0.510 e. The van der Waals surface area contributed by atoms with E-state index in [1.54, 1.807) is 6.20 Å².